The fourth-order valence-electron chi connectivity index (χ4n) is 1.47. The molecule has 0 aliphatic rings. The van der Waals surface area contributed by atoms with E-state index in [1.54, 1.807) is 0 Å². The van der Waals surface area contributed by atoms with Crippen LogP contribution in [-0.2, 0) is 4.57 Å². The van der Waals surface area contributed by atoms with Crippen molar-refractivity contribution >= 4 is 18.4 Å². The Kier molecular flexibility index (Phi) is 2.94. The maximum absolute atomic E-state index is 12.1. The number of aryl methyl sites for hydroxylation is 1. The lowest BCUT2D eigenvalue weighted by molar-refractivity contribution is 0.598. The Morgan fingerprint density at radius 3 is 2.20 bits per heavy atom. The first kappa shape index (κ1) is 10.1. The Bertz CT molecular complexity index is 477. The van der Waals surface area contributed by atoms with E-state index in [9.17, 15) is 4.57 Å². The molecule has 0 radical (unpaired) electrons. The highest BCUT2D eigenvalue weighted by Gasteiger charge is 2.22. The van der Waals surface area contributed by atoms with Crippen LogP contribution in [0.25, 0.3) is 0 Å². The first-order valence-corrected chi connectivity index (χ1v) is 6.12. The lowest BCUT2D eigenvalue weighted by Gasteiger charge is -1.91. The average Bonchev–Trinajstić information content (AvgIpc) is 2.29. The van der Waals surface area contributed by atoms with Crippen LogP contribution in [0.2, 0.25) is 0 Å². The molecular formula is C13H12OP+. The Morgan fingerprint density at radius 2 is 1.53 bits per heavy atom. The summed E-state index contributed by atoms with van der Waals surface area (Å²) in [7, 11) is -1.44. The van der Waals surface area contributed by atoms with Crippen LogP contribution < -0.4 is 10.6 Å². The van der Waals surface area contributed by atoms with Gasteiger partial charge in [0.2, 0.25) is 0 Å². The third-order valence-electron chi connectivity index (χ3n) is 2.23. The maximum Gasteiger partial charge on any atom is 0.415 e. The molecule has 74 valence electrons. The summed E-state index contributed by atoms with van der Waals surface area (Å²) < 4.78 is 12.1. The molecule has 0 aliphatic carbocycles. The van der Waals surface area contributed by atoms with Gasteiger partial charge in [-0.05, 0) is 36.8 Å². The van der Waals surface area contributed by atoms with Crippen molar-refractivity contribution in [1.82, 2.24) is 0 Å². The van der Waals surface area contributed by atoms with Crippen molar-refractivity contribution in [3.05, 3.63) is 60.2 Å². The van der Waals surface area contributed by atoms with Crippen molar-refractivity contribution in [1.29, 1.82) is 0 Å². The standard InChI is InChI=1S/C13H12OP/c1-11-6-5-9-13(10-11)15(14)12-7-3-2-4-8-12/h2-10H,1H3/q+1. The zero-order valence-electron chi connectivity index (χ0n) is 8.55. The van der Waals surface area contributed by atoms with Crippen LogP contribution in [0.5, 0.6) is 0 Å². The van der Waals surface area contributed by atoms with Gasteiger partial charge < -0.3 is 0 Å². The van der Waals surface area contributed by atoms with Crippen molar-refractivity contribution in [2.75, 3.05) is 0 Å². The molecule has 2 aromatic carbocycles. The molecule has 0 spiro atoms. The zero-order chi connectivity index (χ0) is 10.7. The molecule has 0 saturated carbocycles. The van der Waals surface area contributed by atoms with E-state index in [0.29, 0.717) is 0 Å². The molecule has 15 heavy (non-hydrogen) atoms. The second-order valence-electron chi connectivity index (χ2n) is 3.47. The van der Waals surface area contributed by atoms with Gasteiger partial charge in [-0.25, -0.2) is 0 Å². The SMILES string of the molecule is Cc1cccc([P+](=O)c2ccccc2)c1. The second kappa shape index (κ2) is 4.37. The molecule has 0 amide bonds. The van der Waals surface area contributed by atoms with Gasteiger partial charge in [0.25, 0.3) is 0 Å². The average molecular weight is 215 g/mol. The molecule has 0 heterocycles. The van der Waals surface area contributed by atoms with E-state index in [1.165, 1.54) is 0 Å². The Labute approximate surface area is 90.6 Å². The molecule has 0 bridgehead atoms. The van der Waals surface area contributed by atoms with Gasteiger partial charge >= 0.3 is 7.80 Å². The minimum Gasteiger partial charge on any atom is -0.0619 e. The largest absolute Gasteiger partial charge is 0.415 e. The zero-order valence-corrected chi connectivity index (χ0v) is 9.45. The highest BCUT2D eigenvalue weighted by atomic mass is 31.1. The molecular weight excluding hydrogens is 203 g/mol. The summed E-state index contributed by atoms with van der Waals surface area (Å²) in [5.74, 6) is 0. The minimum absolute atomic E-state index is 0.887. The van der Waals surface area contributed by atoms with Gasteiger partial charge in [-0.15, -0.1) is 0 Å². The van der Waals surface area contributed by atoms with Crippen LogP contribution in [0.3, 0.4) is 0 Å². The Hall–Kier alpha value is -1.46. The lowest BCUT2D eigenvalue weighted by atomic mass is 10.2. The van der Waals surface area contributed by atoms with Gasteiger partial charge in [0.05, 0.1) is 0 Å². The number of rotatable bonds is 2. The van der Waals surface area contributed by atoms with E-state index >= 15 is 0 Å². The summed E-state index contributed by atoms with van der Waals surface area (Å²) in [5, 5.41) is 1.79. The van der Waals surface area contributed by atoms with Crippen LogP contribution in [0, 0.1) is 6.92 Å². The molecule has 2 heteroatoms. The van der Waals surface area contributed by atoms with Crippen molar-refractivity contribution in [3.8, 4) is 0 Å². The Morgan fingerprint density at radius 1 is 0.867 bits per heavy atom. The van der Waals surface area contributed by atoms with Gasteiger partial charge in [0.1, 0.15) is 0 Å². The quantitative estimate of drug-likeness (QED) is 0.704. The fourth-order valence-corrected chi connectivity index (χ4v) is 2.75. The van der Waals surface area contributed by atoms with Crippen LogP contribution in [-0.4, -0.2) is 0 Å². The van der Waals surface area contributed by atoms with Crippen molar-refractivity contribution in [2.24, 2.45) is 0 Å². The first-order valence-electron chi connectivity index (χ1n) is 4.86. The lowest BCUT2D eigenvalue weighted by Crippen LogP contribution is -2.05. The predicted molar refractivity (Wildman–Crippen MR) is 64.5 cm³/mol. The van der Waals surface area contributed by atoms with Crippen molar-refractivity contribution in [2.45, 2.75) is 6.92 Å². The van der Waals surface area contributed by atoms with Gasteiger partial charge in [-0.3, -0.25) is 0 Å². The van der Waals surface area contributed by atoms with E-state index < -0.39 is 7.80 Å². The van der Waals surface area contributed by atoms with E-state index in [0.717, 1.165) is 16.2 Å². The van der Waals surface area contributed by atoms with Crippen LogP contribution >= 0.6 is 7.80 Å². The summed E-state index contributed by atoms with van der Waals surface area (Å²) >= 11 is 0. The van der Waals surface area contributed by atoms with Gasteiger partial charge in [-0.1, -0.05) is 34.9 Å². The van der Waals surface area contributed by atoms with E-state index in [4.69, 9.17) is 0 Å². The molecule has 0 aromatic heterocycles. The third-order valence-corrected chi connectivity index (χ3v) is 3.74. The van der Waals surface area contributed by atoms with Gasteiger partial charge in [0.15, 0.2) is 10.6 Å². The highest BCUT2D eigenvalue weighted by Crippen LogP contribution is 2.19. The molecule has 1 nitrogen and oxygen atoms in total. The molecule has 2 rings (SSSR count). The summed E-state index contributed by atoms with van der Waals surface area (Å²) in [5.41, 5.74) is 1.15. The summed E-state index contributed by atoms with van der Waals surface area (Å²) in [4.78, 5) is 0. The van der Waals surface area contributed by atoms with E-state index in [2.05, 4.69) is 0 Å². The minimum atomic E-state index is -1.44. The first-order chi connectivity index (χ1) is 7.27. The molecule has 1 unspecified atom stereocenters. The van der Waals surface area contributed by atoms with E-state index in [-0.39, 0.29) is 0 Å². The van der Waals surface area contributed by atoms with Crippen molar-refractivity contribution in [3.63, 3.8) is 0 Å². The third kappa shape index (κ3) is 2.31. The normalized spacial score (nSPS) is 11.1. The number of hydrogen-bond acceptors (Lipinski definition) is 1. The molecule has 1 atom stereocenters. The van der Waals surface area contributed by atoms with Crippen LogP contribution in [0.15, 0.2) is 54.6 Å². The Balaban J connectivity index is 2.37. The maximum atomic E-state index is 12.1. The number of hydrogen-bond donors (Lipinski definition) is 0. The van der Waals surface area contributed by atoms with Crippen molar-refractivity contribution < 1.29 is 4.57 Å². The molecule has 0 N–H and O–H groups in total. The summed E-state index contributed by atoms with van der Waals surface area (Å²) in [6.45, 7) is 2.01. The van der Waals surface area contributed by atoms with E-state index in [1.807, 2.05) is 61.5 Å². The monoisotopic (exact) mass is 215 g/mol. The topological polar surface area (TPSA) is 17.1 Å². The second-order valence-corrected chi connectivity index (χ2v) is 5.09. The highest BCUT2D eigenvalue weighted by molar-refractivity contribution is 7.61. The van der Waals surface area contributed by atoms with Gasteiger partial charge in [-0.2, -0.15) is 0 Å². The molecule has 0 fully saturated rings. The van der Waals surface area contributed by atoms with Crippen LogP contribution in [0.1, 0.15) is 5.56 Å². The summed E-state index contributed by atoms with van der Waals surface area (Å²) in [6.07, 6.45) is 0. The van der Waals surface area contributed by atoms with Crippen LogP contribution in [0.4, 0.5) is 0 Å². The predicted octanol–water partition coefficient (Wildman–Crippen LogP) is 2.77. The smallest absolute Gasteiger partial charge is 0.0619 e. The van der Waals surface area contributed by atoms with Gasteiger partial charge in [0, 0.05) is 0 Å². The fraction of sp³-hybridized carbons (Fsp3) is 0.0769. The molecule has 0 saturated heterocycles. The molecule has 2 aromatic rings. The number of benzene rings is 2. The summed E-state index contributed by atoms with van der Waals surface area (Å²) in [6, 6.07) is 17.4. The molecule has 0 aliphatic heterocycles.